The summed E-state index contributed by atoms with van der Waals surface area (Å²) in [7, 11) is 0. The van der Waals surface area contributed by atoms with Crippen LogP contribution in [-0.4, -0.2) is 23.7 Å². The van der Waals surface area contributed by atoms with Gasteiger partial charge in [0.2, 0.25) is 0 Å². The average Bonchev–Trinajstić information content (AvgIpc) is 2.25. The third-order valence-electron chi connectivity index (χ3n) is 2.51. The Labute approximate surface area is 106 Å². The van der Waals surface area contributed by atoms with Crippen LogP contribution in [0.25, 0.3) is 0 Å². The smallest absolute Gasteiger partial charge is 0.254 e. The predicted molar refractivity (Wildman–Crippen MR) is 69.0 cm³/mol. The molecule has 1 aromatic carbocycles. The molecule has 0 radical (unpaired) electrons. The van der Waals surface area contributed by atoms with Crippen LogP contribution in [0, 0.1) is 5.92 Å². The fourth-order valence-electron chi connectivity index (χ4n) is 1.30. The van der Waals surface area contributed by atoms with Gasteiger partial charge in [0.15, 0.2) is 0 Å². The van der Waals surface area contributed by atoms with Gasteiger partial charge in [-0.05, 0) is 18.1 Å². The molecule has 1 aromatic rings. The number of halogens is 1. The molecule has 0 heterocycles. The standard InChI is InChI=1S/C12H17ClN2O2/c1-7(2)10(16)6-15-12(17)11-8(13)4-3-5-9(11)14/h3-5,7,10,16H,6,14H2,1-2H3,(H,15,17). The number of nitrogens with one attached hydrogen (secondary N) is 1. The number of aliphatic hydroxyl groups excluding tert-OH is 1. The van der Waals surface area contributed by atoms with Crippen molar-refractivity contribution in [2.75, 3.05) is 12.3 Å². The van der Waals surface area contributed by atoms with E-state index in [2.05, 4.69) is 5.32 Å². The van der Waals surface area contributed by atoms with Crippen molar-refractivity contribution in [3.05, 3.63) is 28.8 Å². The zero-order valence-corrected chi connectivity index (χ0v) is 10.7. The Kier molecular flexibility index (Phi) is 4.78. The molecule has 1 atom stereocenters. The molecule has 0 saturated carbocycles. The van der Waals surface area contributed by atoms with Crippen LogP contribution in [0.5, 0.6) is 0 Å². The maximum Gasteiger partial charge on any atom is 0.254 e. The van der Waals surface area contributed by atoms with Gasteiger partial charge in [0, 0.05) is 12.2 Å². The fourth-order valence-corrected chi connectivity index (χ4v) is 1.57. The Morgan fingerprint density at radius 2 is 2.18 bits per heavy atom. The molecule has 0 fully saturated rings. The van der Waals surface area contributed by atoms with Crippen LogP contribution in [0.4, 0.5) is 5.69 Å². The van der Waals surface area contributed by atoms with E-state index in [0.717, 1.165) is 0 Å². The van der Waals surface area contributed by atoms with Crippen LogP contribution in [0.2, 0.25) is 5.02 Å². The Balaban J connectivity index is 2.71. The van der Waals surface area contributed by atoms with Gasteiger partial charge in [-0.2, -0.15) is 0 Å². The Hall–Kier alpha value is -1.26. The van der Waals surface area contributed by atoms with Gasteiger partial charge in [-0.15, -0.1) is 0 Å². The van der Waals surface area contributed by atoms with E-state index in [1.165, 1.54) is 0 Å². The maximum atomic E-state index is 11.8. The van der Waals surface area contributed by atoms with E-state index in [4.69, 9.17) is 17.3 Å². The van der Waals surface area contributed by atoms with Crippen LogP contribution in [-0.2, 0) is 0 Å². The molecule has 0 aliphatic carbocycles. The highest BCUT2D eigenvalue weighted by Crippen LogP contribution is 2.21. The van der Waals surface area contributed by atoms with E-state index in [-0.39, 0.29) is 23.9 Å². The van der Waals surface area contributed by atoms with Crippen LogP contribution in [0.1, 0.15) is 24.2 Å². The molecule has 4 nitrogen and oxygen atoms in total. The molecule has 0 bridgehead atoms. The van der Waals surface area contributed by atoms with E-state index >= 15 is 0 Å². The van der Waals surface area contributed by atoms with Crippen molar-refractivity contribution in [2.24, 2.45) is 5.92 Å². The number of amides is 1. The normalized spacial score (nSPS) is 12.5. The number of carbonyl (C=O) groups is 1. The predicted octanol–water partition coefficient (Wildman–Crippen LogP) is 1.67. The zero-order valence-electron chi connectivity index (χ0n) is 9.90. The van der Waals surface area contributed by atoms with Gasteiger partial charge in [-0.1, -0.05) is 31.5 Å². The molecule has 1 amide bonds. The largest absolute Gasteiger partial charge is 0.398 e. The highest BCUT2D eigenvalue weighted by Gasteiger charge is 2.16. The first-order valence-electron chi connectivity index (χ1n) is 5.43. The summed E-state index contributed by atoms with van der Waals surface area (Å²) in [5, 5.41) is 12.5. The Morgan fingerprint density at radius 1 is 1.53 bits per heavy atom. The van der Waals surface area contributed by atoms with Gasteiger partial charge in [0.1, 0.15) is 0 Å². The first-order valence-corrected chi connectivity index (χ1v) is 5.81. The van der Waals surface area contributed by atoms with E-state index in [9.17, 15) is 9.90 Å². The number of anilines is 1. The third kappa shape index (κ3) is 3.61. The number of nitrogens with two attached hydrogens (primary N) is 1. The van der Waals surface area contributed by atoms with Crippen molar-refractivity contribution in [3.8, 4) is 0 Å². The highest BCUT2D eigenvalue weighted by molar-refractivity contribution is 6.34. The molecule has 94 valence electrons. The van der Waals surface area contributed by atoms with Crippen molar-refractivity contribution in [1.82, 2.24) is 5.32 Å². The number of hydrogen-bond donors (Lipinski definition) is 3. The van der Waals surface area contributed by atoms with Crippen LogP contribution < -0.4 is 11.1 Å². The van der Waals surface area contributed by atoms with E-state index in [1.807, 2.05) is 13.8 Å². The third-order valence-corrected chi connectivity index (χ3v) is 2.83. The summed E-state index contributed by atoms with van der Waals surface area (Å²) in [6.07, 6.45) is -0.581. The molecular weight excluding hydrogens is 240 g/mol. The van der Waals surface area contributed by atoms with Crippen molar-refractivity contribution in [1.29, 1.82) is 0 Å². The number of hydrogen-bond acceptors (Lipinski definition) is 3. The number of carbonyl (C=O) groups excluding carboxylic acids is 1. The van der Waals surface area contributed by atoms with Gasteiger partial charge >= 0.3 is 0 Å². The summed E-state index contributed by atoms with van der Waals surface area (Å²) in [6.45, 7) is 3.93. The van der Waals surface area contributed by atoms with Crippen molar-refractivity contribution in [3.63, 3.8) is 0 Å². The number of nitrogen functional groups attached to an aromatic ring is 1. The monoisotopic (exact) mass is 256 g/mol. The number of benzene rings is 1. The molecule has 17 heavy (non-hydrogen) atoms. The summed E-state index contributed by atoms with van der Waals surface area (Å²) in [4.78, 5) is 11.8. The highest BCUT2D eigenvalue weighted by atomic mass is 35.5. The summed E-state index contributed by atoms with van der Waals surface area (Å²) < 4.78 is 0. The second kappa shape index (κ2) is 5.89. The lowest BCUT2D eigenvalue weighted by molar-refractivity contribution is 0.0872. The minimum atomic E-state index is -0.581. The van der Waals surface area contributed by atoms with Crippen molar-refractivity contribution >= 4 is 23.2 Å². The quantitative estimate of drug-likeness (QED) is 0.718. The summed E-state index contributed by atoms with van der Waals surface area (Å²) >= 11 is 5.90. The van der Waals surface area contributed by atoms with Gasteiger partial charge < -0.3 is 16.2 Å². The van der Waals surface area contributed by atoms with E-state index < -0.39 is 6.10 Å². The molecule has 0 aliphatic rings. The molecule has 5 heteroatoms. The lowest BCUT2D eigenvalue weighted by atomic mass is 10.1. The minimum absolute atomic E-state index is 0.0823. The molecule has 0 aliphatic heterocycles. The molecule has 0 saturated heterocycles. The first kappa shape index (κ1) is 13.8. The SMILES string of the molecule is CC(C)C(O)CNC(=O)c1c(N)cccc1Cl. The Bertz CT molecular complexity index is 387. The fraction of sp³-hybridized carbons (Fsp3) is 0.417. The molecule has 0 spiro atoms. The number of rotatable bonds is 4. The molecule has 1 unspecified atom stereocenters. The second-order valence-corrected chi connectivity index (χ2v) is 4.63. The van der Waals surface area contributed by atoms with Crippen molar-refractivity contribution in [2.45, 2.75) is 20.0 Å². The Morgan fingerprint density at radius 3 is 2.71 bits per heavy atom. The van der Waals surface area contributed by atoms with Crippen molar-refractivity contribution < 1.29 is 9.90 Å². The summed E-state index contributed by atoms with van der Waals surface area (Å²) in [5.41, 5.74) is 6.26. The number of aliphatic hydroxyl groups is 1. The summed E-state index contributed by atoms with van der Waals surface area (Å²) in [6, 6.07) is 4.89. The lowest BCUT2D eigenvalue weighted by Gasteiger charge is -2.15. The molecule has 0 aromatic heterocycles. The zero-order chi connectivity index (χ0) is 13.0. The van der Waals surface area contributed by atoms with Crippen LogP contribution in [0.3, 0.4) is 0 Å². The van der Waals surface area contributed by atoms with E-state index in [1.54, 1.807) is 18.2 Å². The van der Waals surface area contributed by atoms with Gasteiger partial charge in [0.05, 0.1) is 16.7 Å². The van der Waals surface area contributed by atoms with Gasteiger partial charge in [-0.25, -0.2) is 0 Å². The van der Waals surface area contributed by atoms with Crippen LogP contribution in [0.15, 0.2) is 18.2 Å². The first-order chi connectivity index (χ1) is 7.93. The van der Waals surface area contributed by atoms with E-state index in [0.29, 0.717) is 10.7 Å². The van der Waals surface area contributed by atoms with Gasteiger partial charge in [-0.3, -0.25) is 4.79 Å². The lowest BCUT2D eigenvalue weighted by Crippen LogP contribution is -2.35. The summed E-state index contributed by atoms with van der Waals surface area (Å²) in [5.74, 6) is -0.285. The van der Waals surface area contributed by atoms with Crippen LogP contribution >= 0.6 is 11.6 Å². The molecular formula is C12H17ClN2O2. The van der Waals surface area contributed by atoms with Gasteiger partial charge in [0.25, 0.3) is 5.91 Å². The average molecular weight is 257 g/mol. The minimum Gasteiger partial charge on any atom is -0.398 e. The maximum absolute atomic E-state index is 11.8. The molecule has 1 rings (SSSR count). The topological polar surface area (TPSA) is 75.3 Å². The molecule has 4 N–H and O–H groups in total. The second-order valence-electron chi connectivity index (χ2n) is 4.23.